The molecular formula is C26H30N4O4. The van der Waals surface area contributed by atoms with Crippen molar-refractivity contribution in [2.75, 3.05) is 40.4 Å². The number of rotatable bonds is 7. The molecule has 5 rings (SSSR count). The zero-order chi connectivity index (χ0) is 24.0. The summed E-state index contributed by atoms with van der Waals surface area (Å²) < 4.78 is 5.46. The molecule has 0 saturated carbocycles. The molecule has 178 valence electrons. The number of aromatic amines is 1. The second-order valence-corrected chi connectivity index (χ2v) is 9.33. The van der Waals surface area contributed by atoms with Crippen LogP contribution in [0.25, 0.3) is 10.9 Å². The maximum Gasteiger partial charge on any atom is 0.328 e. The number of hydrogen-bond donors (Lipinski definition) is 2. The maximum absolute atomic E-state index is 13.8. The molecule has 8 nitrogen and oxygen atoms in total. The SMILES string of the molecule is COc1ccc2[nH]c3c(c2c1)C[C@@]1(C)C(=O)N(CCN(C)CCO)C(=O)N1[C@@H]3c1ccccc1. The van der Waals surface area contributed by atoms with Gasteiger partial charge in [-0.15, -0.1) is 0 Å². The minimum atomic E-state index is -1.00. The van der Waals surface area contributed by atoms with Crippen LogP contribution >= 0.6 is 0 Å². The highest BCUT2D eigenvalue weighted by Gasteiger charge is 2.60. The number of nitrogens with zero attached hydrogens (tertiary/aromatic N) is 3. The van der Waals surface area contributed by atoms with Crippen LogP contribution in [0.2, 0.25) is 0 Å². The molecule has 2 aliphatic rings. The fraction of sp³-hybridized carbons (Fsp3) is 0.385. The first-order valence-electron chi connectivity index (χ1n) is 11.6. The number of carbonyl (C=O) groups is 2. The molecule has 0 radical (unpaired) electrons. The lowest BCUT2D eigenvalue weighted by atomic mass is 9.81. The van der Waals surface area contributed by atoms with E-state index >= 15 is 0 Å². The van der Waals surface area contributed by atoms with Crippen LogP contribution in [0.1, 0.15) is 29.8 Å². The van der Waals surface area contributed by atoms with E-state index in [1.807, 2.05) is 67.4 Å². The Morgan fingerprint density at radius 1 is 1.18 bits per heavy atom. The van der Waals surface area contributed by atoms with Crippen molar-refractivity contribution in [3.05, 3.63) is 65.4 Å². The molecule has 8 heteroatoms. The number of methoxy groups -OCH3 is 1. The molecule has 3 amide bonds. The van der Waals surface area contributed by atoms with Crippen molar-refractivity contribution in [2.45, 2.75) is 24.9 Å². The molecule has 0 unspecified atom stereocenters. The Hall–Kier alpha value is -3.36. The number of aliphatic hydroxyl groups is 1. The van der Waals surface area contributed by atoms with Crippen LogP contribution in [-0.2, 0) is 11.2 Å². The fourth-order valence-electron chi connectivity index (χ4n) is 5.35. The highest BCUT2D eigenvalue weighted by Crippen LogP contribution is 2.48. The van der Waals surface area contributed by atoms with Gasteiger partial charge < -0.3 is 19.7 Å². The van der Waals surface area contributed by atoms with Crippen LogP contribution in [0, 0.1) is 0 Å². The van der Waals surface area contributed by atoms with E-state index in [0.717, 1.165) is 33.5 Å². The van der Waals surface area contributed by atoms with Crippen molar-refractivity contribution >= 4 is 22.8 Å². The largest absolute Gasteiger partial charge is 0.497 e. The van der Waals surface area contributed by atoms with Gasteiger partial charge in [0.05, 0.1) is 13.7 Å². The maximum atomic E-state index is 13.8. The smallest absolute Gasteiger partial charge is 0.328 e. The number of fused-ring (bicyclic) bond motifs is 4. The number of amides is 3. The van der Waals surface area contributed by atoms with Crippen LogP contribution in [0.4, 0.5) is 4.79 Å². The Kier molecular flexibility index (Phi) is 5.58. The number of H-pyrrole nitrogens is 1. The molecule has 2 aliphatic heterocycles. The Labute approximate surface area is 198 Å². The van der Waals surface area contributed by atoms with Gasteiger partial charge in [-0.2, -0.15) is 0 Å². The quantitative estimate of drug-likeness (QED) is 0.527. The van der Waals surface area contributed by atoms with Crippen molar-refractivity contribution in [3.8, 4) is 5.75 Å². The molecule has 2 N–H and O–H groups in total. The van der Waals surface area contributed by atoms with E-state index in [4.69, 9.17) is 4.74 Å². The Bertz CT molecular complexity index is 1240. The minimum Gasteiger partial charge on any atom is -0.497 e. The molecular weight excluding hydrogens is 432 g/mol. The predicted octanol–water partition coefficient (Wildman–Crippen LogP) is 2.77. The molecule has 3 aromatic rings. The van der Waals surface area contributed by atoms with Gasteiger partial charge in [0.2, 0.25) is 0 Å². The number of nitrogens with one attached hydrogen (secondary N) is 1. The highest BCUT2D eigenvalue weighted by atomic mass is 16.5. The van der Waals surface area contributed by atoms with Gasteiger partial charge in [0.1, 0.15) is 17.3 Å². The number of carbonyl (C=O) groups excluding carboxylic acids is 2. The zero-order valence-electron chi connectivity index (χ0n) is 19.7. The van der Waals surface area contributed by atoms with Gasteiger partial charge in [0, 0.05) is 42.7 Å². The van der Waals surface area contributed by atoms with Gasteiger partial charge in [-0.05, 0) is 43.3 Å². The summed E-state index contributed by atoms with van der Waals surface area (Å²) in [5, 5.41) is 10.2. The van der Waals surface area contributed by atoms with E-state index < -0.39 is 11.6 Å². The zero-order valence-corrected chi connectivity index (χ0v) is 19.7. The van der Waals surface area contributed by atoms with Crippen LogP contribution in [0.15, 0.2) is 48.5 Å². The van der Waals surface area contributed by atoms with E-state index in [0.29, 0.717) is 19.5 Å². The van der Waals surface area contributed by atoms with Gasteiger partial charge in [-0.3, -0.25) is 14.6 Å². The summed E-state index contributed by atoms with van der Waals surface area (Å²) in [6.07, 6.45) is 0.423. The molecule has 2 atom stereocenters. The summed E-state index contributed by atoms with van der Waals surface area (Å²) in [6.45, 7) is 3.18. The number of hydrogen-bond acceptors (Lipinski definition) is 5. The van der Waals surface area contributed by atoms with Gasteiger partial charge >= 0.3 is 6.03 Å². The van der Waals surface area contributed by atoms with Crippen LogP contribution in [-0.4, -0.2) is 82.7 Å². The predicted molar refractivity (Wildman–Crippen MR) is 129 cm³/mol. The first kappa shape index (κ1) is 22.4. The van der Waals surface area contributed by atoms with E-state index in [9.17, 15) is 14.7 Å². The third-order valence-electron chi connectivity index (χ3n) is 7.18. The molecule has 0 aliphatic carbocycles. The van der Waals surface area contributed by atoms with Crippen molar-refractivity contribution in [1.82, 2.24) is 19.7 Å². The number of aliphatic hydroxyl groups excluding tert-OH is 1. The van der Waals surface area contributed by atoms with Gasteiger partial charge in [-0.1, -0.05) is 30.3 Å². The molecule has 34 heavy (non-hydrogen) atoms. The summed E-state index contributed by atoms with van der Waals surface area (Å²) >= 11 is 0. The lowest BCUT2D eigenvalue weighted by Crippen LogP contribution is -2.53. The van der Waals surface area contributed by atoms with Gasteiger partial charge in [-0.25, -0.2) is 4.79 Å². The van der Waals surface area contributed by atoms with Crippen LogP contribution < -0.4 is 4.74 Å². The summed E-state index contributed by atoms with van der Waals surface area (Å²) in [5.41, 5.74) is 2.89. The molecule has 0 spiro atoms. The fourth-order valence-corrected chi connectivity index (χ4v) is 5.35. The van der Waals surface area contributed by atoms with E-state index in [1.165, 1.54) is 4.90 Å². The average molecular weight is 463 g/mol. The van der Waals surface area contributed by atoms with Crippen molar-refractivity contribution in [1.29, 1.82) is 0 Å². The summed E-state index contributed by atoms with van der Waals surface area (Å²) in [7, 11) is 3.51. The number of imide groups is 1. The lowest BCUT2D eigenvalue weighted by Gasteiger charge is -2.42. The summed E-state index contributed by atoms with van der Waals surface area (Å²) in [5.74, 6) is 0.569. The van der Waals surface area contributed by atoms with Crippen LogP contribution in [0.5, 0.6) is 5.75 Å². The van der Waals surface area contributed by atoms with Gasteiger partial charge in [0.15, 0.2) is 0 Å². The second kappa shape index (κ2) is 8.45. The molecule has 0 bridgehead atoms. The van der Waals surface area contributed by atoms with Crippen molar-refractivity contribution in [2.24, 2.45) is 0 Å². The standard InChI is InChI=1S/C26H30N4O4/c1-26-16-20-19-15-18(34-3)9-10-21(19)27-22(20)23(17-7-5-4-6-8-17)30(26)25(33)29(24(26)32)12-11-28(2)13-14-31/h4-10,15,23,27,31H,11-14,16H2,1-3H3/t23-,26+/m1/s1. The van der Waals surface area contributed by atoms with Crippen molar-refractivity contribution in [3.63, 3.8) is 0 Å². The lowest BCUT2D eigenvalue weighted by molar-refractivity contribution is -0.133. The first-order chi connectivity index (χ1) is 16.4. The molecule has 1 aromatic heterocycles. The summed E-state index contributed by atoms with van der Waals surface area (Å²) in [6, 6.07) is 15.1. The van der Waals surface area contributed by atoms with Crippen molar-refractivity contribution < 1.29 is 19.4 Å². The Morgan fingerprint density at radius 2 is 1.94 bits per heavy atom. The Balaban J connectivity index is 1.62. The average Bonchev–Trinajstić information content (AvgIpc) is 3.28. The minimum absolute atomic E-state index is 0.0312. The first-order valence-corrected chi connectivity index (χ1v) is 11.6. The Morgan fingerprint density at radius 3 is 2.65 bits per heavy atom. The molecule has 2 aromatic carbocycles. The normalized spacial score (nSPS) is 22.0. The number of ether oxygens (including phenoxy) is 1. The van der Waals surface area contributed by atoms with E-state index in [2.05, 4.69) is 4.98 Å². The third-order valence-corrected chi connectivity index (χ3v) is 7.18. The number of urea groups is 1. The third kappa shape index (κ3) is 3.36. The molecule has 1 saturated heterocycles. The van der Waals surface area contributed by atoms with Crippen LogP contribution in [0.3, 0.4) is 0 Å². The second-order valence-electron chi connectivity index (χ2n) is 9.33. The molecule has 1 fully saturated rings. The van der Waals surface area contributed by atoms with Gasteiger partial charge in [0.25, 0.3) is 5.91 Å². The number of benzene rings is 2. The topological polar surface area (TPSA) is 89.1 Å². The number of aromatic nitrogens is 1. The van der Waals surface area contributed by atoms with E-state index in [1.54, 1.807) is 12.0 Å². The van der Waals surface area contributed by atoms with E-state index in [-0.39, 0.29) is 25.1 Å². The number of likely N-dealkylation sites (N-methyl/N-ethyl adjacent to an activating group) is 1. The summed E-state index contributed by atoms with van der Waals surface area (Å²) in [4.78, 5) is 36.1. The molecule has 3 heterocycles. The monoisotopic (exact) mass is 462 g/mol. The highest BCUT2D eigenvalue weighted by molar-refractivity contribution is 6.08.